The molecule has 35 heavy (non-hydrogen) atoms. The SMILES string of the molecule is CC(C)(C1C(OCO[Si](C)(C)C)=Cc2ccccc21)C1C(OCO[Si](C)(C)C)=Cc2ccccc21. The standard InChI is InChI=1S/C29H40O4Si2/c1-29(2,27-23-15-11-9-13-21(23)17-25(27)30-19-32-34(3,4)5)28-24-16-12-10-14-22(24)18-26(28)31-20-33-35(6,7)8/h9-18,27-28H,19-20H2,1-8H3. The molecule has 0 amide bonds. The van der Waals surface area contributed by atoms with Crippen molar-refractivity contribution in [3.8, 4) is 0 Å². The number of ether oxygens (including phenoxy) is 2. The molecule has 0 bridgehead atoms. The van der Waals surface area contributed by atoms with Gasteiger partial charge in [-0.1, -0.05) is 62.4 Å². The molecular formula is C29H40O4Si2. The van der Waals surface area contributed by atoms with Crippen molar-refractivity contribution in [1.82, 2.24) is 0 Å². The van der Waals surface area contributed by atoms with Gasteiger partial charge >= 0.3 is 0 Å². The molecule has 0 fully saturated rings. The Morgan fingerprint density at radius 3 is 1.37 bits per heavy atom. The minimum absolute atomic E-state index is 0.0741. The lowest BCUT2D eigenvalue weighted by Crippen LogP contribution is -2.33. The largest absolute Gasteiger partial charge is 0.472 e. The molecule has 0 saturated heterocycles. The van der Waals surface area contributed by atoms with Gasteiger partial charge in [-0.2, -0.15) is 0 Å². The van der Waals surface area contributed by atoms with Crippen molar-refractivity contribution in [3.63, 3.8) is 0 Å². The van der Waals surface area contributed by atoms with E-state index in [9.17, 15) is 0 Å². The van der Waals surface area contributed by atoms with Gasteiger partial charge in [0.25, 0.3) is 0 Å². The average Bonchev–Trinajstić information content (AvgIpc) is 3.30. The zero-order valence-electron chi connectivity index (χ0n) is 22.5. The van der Waals surface area contributed by atoms with Crippen LogP contribution in [0.1, 0.15) is 47.9 Å². The van der Waals surface area contributed by atoms with E-state index in [-0.39, 0.29) is 30.8 Å². The molecule has 0 aromatic heterocycles. The number of hydrogen-bond acceptors (Lipinski definition) is 4. The molecule has 0 N–H and O–H groups in total. The second-order valence-electron chi connectivity index (χ2n) is 12.1. The second kappa shape index (κ2) is 9.73. The van der Waals surface area contributed by atoms with E-state index >= 15 is 0 Å². The monoisotopic (exact) mass is 508 g/mol. The Hall–Kier alpha value is -2.13. The lowest BCUT2D eigenvalue weighted by Gasteiger charge is -2.40. The van der Waals surface area contributed by atoms with Crippen LogP contribution in [0.25, 0.3) is 12.2 Å². The third-order valence-electron chi connectivity index (χ3n) is 6.70. The third kappa shape index (κ3) is 5.83. The van der Waals surface area contributed by atoms with E-state index in [1.807, 2.05) is 0 Å². The summed E-state index contributed by atoms with van der Waals surface area (Å²) in [4.78, 5) is 0. The Labute approximate surface area is 213 Å². The van der Waals surface area contributed by atoms with Gasteiger partial charge in [-0.05, 0) is 79.1 Å². The summed E-state index contributed by atoms with van der Waals surface area (Å²) in [5.74, 6) is 2.09. The van der Waals surface area contributed by atoms with Crippen molar-refractivity contribution < 1.29 is 18.3 Å². The Kier molecular flexibility index (Phi) is 7.22. The first-order valence-electron chi connectivity index (χ1n) is 12.5. The quantitative estimate of drug-likeness (QED) is 0.241. The first kappa shape index (κ1) is 26.0. The number of allylic oxidation sites excluding steroid dienone is 2. The van der Waals surface area contributed by atoms with Gasteiger partial charge < -0.3 is 18.3 Å². The lowest BCUT2D eigenvalue weighted by molar-refractivity contribution is 0.0226. The van der Waals surface area contributed by atoms with Gasteiger partial charge in [-0.15, -0.1) is 0 Å². The molecule has 0 spiro atoms. The van der Waals surface area contributed by atoms with Gasteiger partial charge in [0.15, 0.2) is 30.2 Å². The van der Waals surface area contributed by atoms with E-state index in [0.717, 1.165) is 11.5 Å². The third-order valence-corrected chi connectivity index (χ3v) is 8.67. The van der Waals surface area contributed by atoms with E-state index in [1.54, 1.807) is 0 Å². The topological polar surface area (TPSA) is 36.9 Å². The molecule has 6 heteroatoms. The predicted molar refractivity (Wildman–Crippen MR) is 149 cm³/mol. The fourth-order valence-corrected chi connectivity index (χ4v) is 5.92. The smallest absolute Gasteiger partial charge is 0.188 e. The summed E-state index contributed by atoms with van der Waals surface area (Å²) in [6.45, 7) is 18.3. The van der Waals surface area contributed by atoms with Crippen LogP contribution in [0.15, 0.2) is 60.0 Å². The summed E-state index contributed by atoms with van der Waals surface area (Å²) < 4.78 is 24.9. The molecular weight excluding hydrogens is 468 g/mol. The van der Waals surface area contributed by atoms with Crippen molar-refractivity contribution in [2.75, 3.05) is 13.6 Å². The van der Waals surface area contributed by atoms with Crippen LogP contribution in [0.5, 0.6) is 0 Å². The normalized spacial score (nSPS) is 19.7. The van der Waals surface area contributed by atoms with E-state index in [0.29, 0.717) is 0 Å². The van der Waals surface area contributed by atoms with Crippen molar-refractivity contribution in [3.05, 3.63) is 82.3 Å². The highest BCUT2D eigenvalue weighted by atomic mass is 28.4. The molecule has 4 nitrogen and oxygen atoms in total. The zero-order valence-corrected chi connectivity index (χ0v) is 24.5. The van der Waals surface area contributed by atoms with Crippen LogP contribution in [0.3, 0.4) is 0 Å². The van der Waals surface area contributed by atoms with Crippen molar-refractivity contribution in [1.29, 1.82) is 0 Å². The molecule has 188 valence electrons. The highest BCUT2D eigenvalue weighted by Gasteiger charge is 2.48. The van der Waals surface area contributed by atoms with Crippen LogP contribution in [0.4, 0.5) is 0 Å². The molecule has 2 aliphatic rings. The highest BCUT2D eigenvalue weighted by molar-refractivity contribution is 6.70. The van der Waals surface area contributed by atoms with Crippen LogP contribution in [0.2, 0.25) is 39.3 Å². The average molecular weight is 509 g/mol. The summed E-state index contributed by atoms with van der Waals surface area (Å²) in [5, 5.41) is 0. The molecule has 4 rings (SSSR count). The Morgan fingerprint density at radius 1 is 0.629 bits per heavy atom. The molecule has 2 atom stereocenters. The van der Waals surface area contributed by atoms with Gasteiger partial charge in [0.05, 0.1) is 0 Å². The van der Waals surface area contributed by atoms with E-state index in [4.69, 9.17) is 18.3 Å². The van der Waals surface area contributed by atoms with E-state index in [2.05, 4.69) is 114 Å². The van der Waals surface area contributed by atoms with Gasteiger partial charge in [0.1, 0.15) is 11.5 Å². The van der Waals surface area contributed by atoms with Crippen LogP contribution < -0.4 is 0 Å². The molecule has 0 radical (unpaired) electrons. The minimum atomic E-state index is -1.68. The summed E-state index contributed by atoms with van der Waals surface area (Å²) >= 11 is 0. The maximum Gasteiger partial charge on any atom is 0.188 e. The van der Waals surface area contributed by atoms with Gasteiger partial charge in [-0.3, -0.25) is 0 Å². The van der Waals surface area contributed by atoms with Crippen molar-refractivity contribution >= 4 is 28.8 Å². The van der Waals surface area contributed by atoms with E-state index in [1.165, 1.54) is 22.3 Å². The number of rotatable bonds is 10. The molecule has 2 aliphatic carbocycles. The van der Waals surface area contributed by atoms with E-state index < -0.39 is 16.6 Å². The van der Waals surface area contributed by atoms with Gasteiger partial charge in [-0.25, -0.2) is 0 Å². The highest BCUT2D eigenvalue weighted by Crippen LogP contribution is 2.58. The summed E-state index contributed by atoms with van der Waals surface area (Å²) in [5.41, 5.74) is 4.79. The summed E-state index contributed by atoms with van der Waals surface area (Å²) in [6, 6.07) is 17.2. The number of fused-ring (bicyclic) bond motifs is 2. The number of benzene rings is 2. The van der Waals surface area contributed by atoms with Crippen LogP contribution in [0, 0.1) is 5.41 Å². The second-order valence-corrected chi connectivity index (χ2v) is 21.1. The number of hydrogen-bond donors (Lipinski definition) is 0. The molecule has 0 aliphatic heterocycles. The Balaban J connectivity index is 1.67. The maximum atomic E-state index is 6.36. The van der Waals surface area contributed by atoms with Crippen LogP contribution in [-0.2, 0) is 18.3 Å². The predicted octanol–water partition coefficient (Wildman–Crippen LogP) is 7.94. The Morgan fingerprint density at radius 2 is 1.00 bits per heavy atom. The van der Waals surface area contributed by atoms with Crippen molar-refractivity contribution in [2.45, 2.75) is 65.0 Å². The molecule has 2 aromatic carbocycles. The lowest BCUT2D eigenvalue weighted by atomic mass is 9.65. The molecule has 2 aromatic rings. The summed E-state index contributed by atoms with van der Waals surface area (Å²) in [7, 11) is -3.37. The molecule has 0 saturated carbocycles. The fraction of sp³-hybridized carbons (Fsp3) is 0.448. The first-order chi connectivity index (χ1) is 16.4. The van der Waals surface area contributed by atoms with Crippen LogP contribution >= 0.6 is 0 Å². The van der Waals surface area contributed by atoms with Crippen LogP contribution in [-0.4, -0.2) is 30.2 Å². The fourth-order valence-electron chi connectivity index (χ4n) is 5.09. The molecule has 2 unspecified atom stereocenters. The maximum absolute atomic E-state index is 6.36. The first-order valence-corrected chi connectivity index (χ1v) is 19.3. The summed E-state index contributed by atoms with van der Waals surface area (Å²) in [6.07, 6.45) is 4.38. The zero-order chi connectivity index (χ0) is 25.4. The van der Waals surface area contributed by atoms with Gasteiger partial charge in [0, 0.05) is 11.8 Å². The Bertz CT molecular complexity index is 1030. The van der Waals surface area contributed by atoms with Gasteiger partial charge in [0.2, 0.25) is 0 Å². The minimum Gasteiger partial charge on any atom is -0.472 e. The molecule has 0 heterocycles. The van der Waals surface area contributed by atoms with Crippen molar-refractivity contribution in [2.24, 2.45) is 5.41 Å².